The number of carbonyl (C=O) groups is 1. The van der Waals surface area contributed by atoms with Gasteiger partial charge in [-0.05, 0) is 6.42 Å². The van der Waals surface area contributed by atoms with Gasteiger partial charge >= 0.3 is 6.18 Å². The average Bonchev–Trinajstić information content (AvgIpc) is 2.12. The minimum Gasteiger partial charge on any atom is -0.362 e. The Morgan fingerprint density at radius 2 is 2.12 bits per heavy atom. The largest absolute Gasteiger partial charge is 0.411 e. The number of alkyl halides is 3. The Morgan fingerprint density at radius 1 is 1.47 bits per heavy atom. The van der Waals surface area contributed by atoms with Crippen molar-refractivity contribution < 1.29 is 22.7 Å². The van der Waals surface area contributed by atoms with Crippen LogP contribution in [0.4, 0.5) is 13.2 Å². The second kappa shape index (κ2) is 6.20. The lowest BCUT2D eigenvalue weighted by molar-refractivity contribution is -0.178. The Morgan fingerprint density at radius 3 is 2.53 bits per heavy atom. The highest BCUT2D eigenvalue weighted by Crippen LogP contribution is 2.14. The van der Waals surface area contributed by atoms with Gasteiger partial charge < -0.3 is 15.0 Å². The Bertz CT molecular complexity index is 254. The topological polar surface area (TPSA) is 41.6 Å². The molecule has 1 rings (SSSR count). The molecule has 1 N–H and O–H groups in total. The number of nitrogens with one attached hydrogen (secondary N) is 1. The van der Waals surface area contributed by atoms with Crippen LogP contribution in [0.25, 0.3) is 0 Å². The number of ether oxygens (including phenoxy) is 1. The fraction of sp³-hybridized carbons (Fsp3) is 0.900. The fourth-order valence-electron chi connectivity index (χ4n) is 1.58. The van der Waals surface area contributed by atoms with Crippen molar-refractivity contribution >= 4 is 5.91 Å². The summed E-state index contributed by atoms with van der Waals surface area (Å²) in [5.41, 5.74) is 0. The molecule has 0 radical (unpaired) electrons. The van der Waals surface area contributed by atoms with Gasteiger partial charge in [-0.1, -0.05) is 6.92 Å². The minimum atomic E-state index is -4.38. The van der Waals surface area contributed by atoms with Crippen LogP contribution in [0.2, 0.25) is 0 Å². The quantitative estimate of drug-likeness (QED) is 0.761. The van der Waals surface area contributed by atoms with Crippen molar-refractivity contribution in [3.63, 3.8) is 0 Å². The van der Waals surface area contributed by atoms with E-state index in [0.29, 0.717) is 19.6 Å². The first-order valence-corrected chi connectivity index (χ1v) is 5.58. The molecule has 0 aromatic carbocycles. The Hall–Kier alpha value is -0.820. The normalized spacial score (nSPS) is 16.7. The molecule has 7 heteroatoms. The van der Waals surface area contributed by atoms with Gasteiger partial charge in [-0.15, -0.1) is 0 Å². The first kappa shape index (κ1) is 14.2. The smallest absolute Gasteiger partial charge is 0.362 e. The molecule has 0 atom stereocenters. The zero-order valence-corrected chi connectivity index (χ0v) is 9.72. The van der Waals surface area contributed by atoms with Gasteiger partial charge in [0.1, 0.15) is 13.2 Å². The third-order valence-electron chi connectivity index (χ3n) is 2.48. The van der Waals surface area contributed by atoms with Gasteiger partial charge in [0.05, 0.1) is 6.04 Å². The van der Waals surface area contributed by atoms with E-state index in [9.17, 15) is 18.0 Å². The summed E-state index contributed by atoms with van der Waals surface area (Å²) in [5.74, 6) is -0.373. The standard InChI is InChI=1S/C10H17F3N2O2/c1-2-3-15(8-4-14-5-8)9(16)6-17-7-10(11,12)13/h8,14H,2-7H2,1H3. The number of amides is 1. The van der Waals surface area contributed by atoms with E-state index in [1.807, 2.05) is 6.92 Å². The van der Waals surface area contributed by atoms with E-state index in [1.165, 1.54) is 0 Å². The van der Waals surface area contributed by atoms with Crippen molar-refractivity contribution in [3.05, 3.63) is 0 Å². The SMILES string of the molecule is CCCN(C(=O)COCC(F)(F)F)C1CNC1. The maximum atomic E-state index is 11.8. The molecule has 0 saturated carbocycles. The van der Waals surface area contributed by atoms with E-state index in [1.54, 1.807) is 4.90 Å². The van der Waals surface area contributed by atoms with Crippen LogP contribution >= 0.6 is 0 Å². The van der Waals surface area contributed by atoms with E-state index in [2.05, 4.69) is 10.1 Å². The van der Waals surface area contributed by atoms with Crippen LogP contribution in [-0.2, 0) is 9.53 Å². The van der Waals surface area contributed by atoms with Gasteiger partial charge in [-0.25, -0.2) is 0 Å². The summed E-state index contributed by atoms with van der Waals surface area (Å²) in [7, 11) is 0. The van der Waals surface area contributed by atoms with E-state index < -0.39 is 19.4 Å². The third kappa shape index (κ3) is 4.91. The lowest BCUT2D eigenvalue weighted by Gasteiger charge is -2.38. The Kier molecular flexibility index (Phi) is 5.20. The molecule has 4 nitrogen and oxygen atoms in total. The van der Waals surface area contributed by atoms with Crippen LogP contribution in [0.1, 0.15) is 13.3 Å². The van der Waals surface area contributed by atoms with Gasteiger partial charge in [-0.2, -0.15) is 13.2 Å². The Labute approximate surface area is 98.1 Å². The lowest BCUT2D eigenvalue weighted by Crippen LogP contribution is -2.59. The molecular weight excluding hydrogens is 237 g/mol. The van der Waals surface area contributed by atoms with Gasteiger partial charge in [0.25, 0.3) is 0 Å². The number of rotatable bonds is 6. The zero-order chi connectivity index (χ0) is 12.9. The maximum Gasteiger partial charge on any atom is 0.411 e. The van der Waals surface area contributed by atoms with Crippen molar-refractivity contribution in [2.75, 3.05) is 32.8 Å². The molecule has 100 valence electrons. The van der Waals surface area contributed by atoms with Crippen LogP contribution < -0.4 is 5.32 Å². The summed E-state index contributed by atoms with van der Waals surface area (Å²) in [6.07, 6.45) is -3.60. The van der Waals surface area contributed by atoms with Crippen LogP contribution in [0.3, 0.4) is 0 Å². The van der Waals surface area contributed by atoms with Crippen LogP contribution in [0.15, 0.2) is 0 Å². The first-order chi connectivity index (χ1) is 7.94. The first-order valence-electron chi connectivity index (χ1n) is 5.58. The molecule has 1 aliphatic rings. The fourth-order valence-corrected chi connectivity index (χ4v) is 1.58. The molecule has 0 aromatic heterocycles. The molecule has 0 unspecified atom stereocenters. The average molecular weight is 254 g/mol. The van der Waals surface area contributed by atoms with E-state index >= 15 is 0 Å². The van der Waals surface area contributed by atoms with E-state index in [-0.39, 0.29) is 11.9 Å². The number of nitrogens with zero attached hydrogens (tertiary/aromatic N) is 1. The molecule has 1 fully saturated rings. The number of hydrogen-bond acceptors (Lipinski definition) is 3. The predicted molar refractivity (Wildman–Crippen MR) is 55.5 cm³/mol. The maximum absolute atomic E-state index is 11.8. The molecule has 1 amide bonds. The molecular formula is C10H17F3N2O2. The summed E-state index contributed by atoms with van der Waals surface area (Å²) in [5, 5.41) is 3.02. The highest BCUT2D eigenvalue weighted by atomic mass is 19.4. The van der Waals surface area contributed by atoms with Crippen molar-refractivity contribution in [1.82, 2.24) is 10.2 Å². The van der Waals surface area contributed by atoms with E-state index in [4.69, 9.17) is 0 Å². The van der Waals surface area contributed by atoms with Gasteiger partial charge in [0, 0.05) is 19.6 Å². The summed E-state index contributed by atoms with van der Waals surface area (Å²) in [4.78, 5) is 13.2. The summed E-state index contributed by atoms with van der Waals surface area (Å²) in [6, 6.07) is 0.0944. The molecule has 0 spiro atoms. The minimum absolute atomic E-state index is 0.0944. The zero-order valence-electron chi connectivity index (χ0n) is 9.72. The summed E-state index contributed by atoms with van der Waals surface area (Å²) in [6.45, 7) is 2.00. The van der Waals surface area contributed by atoms with Gasteiger partial charge in [0.15, 0.2) is 0 Å². The summed E-state index contributed by atoms with van der Waals surface area (Å²) < 4.78 is 39.9. The highest BCUT2D eigenvalue weighted by Gasteiger charge is 2.30. The van der Waals surface area contributed by atoms with Crippen molar-refractivity contribution in [2.24, 2.45) is 0 Å². The molecule has 0 aliphatic carbocycles. The molecule has 1 aliphatic heterocycles. The van der Waals surface area contributed by atoms with Crippen molar-refractivity contribution in [1.29, 1.82) is 0 Å². The number of carbonyl (C=O) groups excluding carboxylic acids is 1. The second-order valence-electron chi connectivity index (χ2n) is 4.01. The predicted octanol–water partition coefficient (Wildman–Crippen LogP) is 0.776. The van der Waals surface area contributed by atoms with Crippen LogP contribution in [0.5, 0.6) is 0 Å². The monoisotopic (exact) mass is 254 g/mol. The molecule has 1 heterocycles. The van der Waals surface area contributed by atoms with Crippen LogP contribution in [0, 0.1) is 0 Å². The molecule has 17 heavy (non-hydrogen) atoms. The molecule has 0 bridgehead atoms. The van der Waals surface area contributed by atoms with Gasteiger partial charge in [0.2, 0.25) is 5.91 Å². The van der Waals surface area contributed by atoms with E-state index in [0.717, 1.165) is 6.42 Å². The number of halogens is 3. The second-order valence-corrected chi connectivity index (χ2v) is 4.01. The highest BCUT2D eigenvalue weighted by molar-refractivity contribution is 5.78. The van der Waals surface area contributed by atoms with Crippen molar-refractivity contribution in [3.8, 4) is 0 Å². The summed E-state index contributed by atoms with van der Waals surface area (Å²) >= 11 is 0. The number of hydrogen-bond donors (Lipinski definition) is 1. The van der Waals surface area contributed by atoms with Crippen LogP contribution in [-0.4, -0.2) is 55.9 Å². The third-order valence-corrected chi connectivity index (χ3v) is 2.48. The molecule has 1 saturated heterocycles. The lowest BCUT2D eigenvalue weighted by atomic mass is 10.1. The van der Waals surface area contributed by atoms with Crippen molar-refractivity contribution in [2.45, 2.75) is 25.6 Å². The Balaban J connectivity index is 2.32. The van der Waals surface area contributed by atoms with Gasteiger partial charge in [-0.3, -0.25) is 4.79 Å². The molecule has 0 aromatic rings.